The largest absolute Gasteiger partial charge is 0.480 e. The topological polar surface area (TPSA) is 112 Å². The summed E-state index contributed by atoms with van der Waals surface area (Å²) >= 11 is 0. The minimum atomic E-state index is -1.84. The number of pyridine rings is 1. The van der Waals surface area contributed by atoms with Crippen molar-refractivity contribution in [3.8, 4) is 0 Å². The maximum Gasteiger partial charge on any atom is 0.270 e. The van der Waals surface area contributed by atoms with Gasteiger partial charge in [0.2, 0.25) is 5.90 Å². The normalized spacial score (nSPS) is 18.4. The lowest BCUT2D eigenvalue weighted by molar-refractivity contribution is 0.0212. The number of nitrogens with one attached hydrogen (secondary N) is 3. The number of fused-ring (bicyclic) bond motifs is 1. The lowest BCUT2D eigenvalue weighted by atomic mass is 9.99. The van der Waals surface area contributed by atoms with Gasteiger partial charge in [-0.05, 0) is 68.6 Å². The highest BCUT2D eigenvalue weighted by Crippen LogP contribution is 2.38. The van der Waals surface area contributed by atoms with Gasteiger partial charge < -0.3 is 19.8 Å². The highest BCUT2D eigenvalue weighted by atomic mass is 28.4. The molecule has 0 aromatic carbocycles. The van der Waals surface area contributed by atoms with Crippen LogP contribution in [0.2, 0.25) is 18.1 Å². The molecule has 2 aliphatic heterocycles. The van der Waals surface area contributed by atoms with Crippen LogP contribution in [0.3, 0.4) is 0 Å². The molecule has 1 aromatic rings. The monoisotopic (exact) mass is 582 g/mol. The van der Waals surface area contributed by atoms with E-state index >= 15 is 0 Å². The summed E-state index contributed by atoms with van der Waals surface area (Å²) in [5, 5.41) is 15.1. The number of likely N-dealkylation sites (tertiary alicyclic amines) is 1. The van der Waals surface area contributed by atoms with E-state index in [2.05, 4.69) is 61.0 Å². The van der Waals surface area contributed by atoms with Crippen molar-refractivity contribution in [1.82, 2.24) is 20.5 Å². The third-order valence-electron chi connectivity index (χ3n) is 8.46. The molecule has 0 bridgehead atoms. The number of ether oxygens (including phenoxy) is 1. The lowest BCUT2D eigenvalue weighted by Crippen LogP contribution is -2.59. The van der Waals surface area contributed by atoms with Gasteiger partial charge in [0.25, 0.3) is 5.91 Å². The molecule has 1 unspecified atom stereocenters. The third-order valence-corrected chi connectivity index (χ3v) is 13.0. The van der Waals surface area contributed by atoms with Gasteiger partial charge >= 0.3 is 0 Å². The molecular formula is C31H50N6O3Si. The second-order valence-electron chi connectivity index (χ2n) is 12.7. The predicted molar refractivity (Wildman–Crippen MR) is 170 cm³/mol. The minimum Gasteiger partial charge on any atom is -0.480 e. The van der Waals surface area contributed by atoms with Crippen molar-refractivity contribution in [2.24, 2.45) is 4.99 Å². The van der Waals surface area contributed by atoms with Gasteiger partial charge in [-0.1, -0.05) is 45.6 Å². The molecule has 226 valence electrons. The van der Waals surface area contributed by atoms with Gasteiger partial charge in [-0.25, -0.2) is 4.98 Å². The molecule has 2 aliphatic rings. The number of aliphatic imine (C=N–C) groups is 1. The van der Waals surface area contributed by atoms with Crippen LogP contribution in [0.4, 0.5) is 0 Å². The molecule has 0 aliphatic carbocycles. The van der Waals surface area contributed by atoms with E-state index < -0.39 is 8.32 Å². The van der Waals surface area contributed by atoms with Crippen LogP contribution in [0.1, 0.15) is 61.4 Å². The van der Waals surface area contributed by atoms with Crippen molar-refractivity contribution >= 4 is 25.8 Å². The number of nitrogens with zero attached hydrogens (tertiary/aromatic N) is 3. The van der Waals surface area contributed by atoms with E-state index in [0.717, 1.165) is 37.3 Å². The summed E-state index contributed by atoms with van der Waals surface area (Å²) in [5.41, 5.74) is 4.24. The molecule has 0 saturated carbocycles. The SMILES string of the molecule is C=C/C=C\C[C@H](NC(=O)c1cc(C)c2c(n1)CNCC2)C(C)N=C(CN1CC(O[Si](C)(C)C(C)(C)C)C1)C(=N)OC. The molecule has 3 heterocycles. The molecule has 2 atom stereocenters. The van der Waals surface area contributed by atoms with Crippen molar-refractivity contribution in [2.75, 3.05) is 33.3 Å². The predicted octanol–water partition coefficient (Wildman–Crippen LogP) is 4.43. The zero-order valence-electron chi connectivity index (χ0n) is 26.3. The van der Waals surface area contributed by atoms with Gasteiger partial charge in [0.1, 0.15) is 11.4 Å². The molecule has 1 amide bonds. The van der Waals surface area contributed by atoms with Crippen molar-refractivity contribution in [3.05, 3.63) is 53.4 Å². The van der Waals surface area contributed by atoms with Crippen molar-refractivity contribution < 1.29 is 14.0 Å². The summed E-state index contributed by atoms with van der Waals surface area (Å²) in [7, 11) is -0.342. The Hall–Kier alpha value is -2.66. The first-order valence-corrected chi connectivity index (χ1v) is 17.5. The summed E-state index contributed by atoms with van der Waals surface area (Å²) in [6.07, 6.45) is 7.23. The van der Waals surface area contributed by atoms with Crippen molar-refractivity contribution in [2.45, 2.75) is 90.3 Å². The smallest absolute Gasteiger partial charge is 0.270 e. The standard InChI is InChI=1S/C31H50N6O3Si/c1-10-11-12-13-25(36-30(38)26-16-21(2)24-14-15-33-17-27(24)35-26)22(3)34-28(29(32)39-7)20-37-18-23(19-37)40-41(8,9)31(4,5)6/h10-12,16,22-23,25,32-33H,1,13-15,17-20H2,2-9H3,(H,36,38)/b12-11-,32-29?,34-28?/t22?,25-/m0/s1. The Morgan fingerprint density at radius 1 is 1.39 bits per heavy atom. The average Bonchev–Trinajstić information content (AvgIpc) is 2.89. The van der Waals surface area contributed by atoms with Crippen molar-refractivity contribution in [3.63, 3.8) is 0 Å². The molecule has 1 saturated heterocycles. The lowest BCUT2D eigenvalue weighted by Gasteiger charge is -2.46. The van der Waals surface area contributed by atoms with Gasteiger partial charge in [0.05, 0.1) is 31.0 Å². The fourth-order valence-corrected chi connectivity index (χ4v) is 6.22. The van der Waals surface area contributed by atoms with Crippen molar-refractivity contribution in [1.29, 1.82) is 5.41 Å². The van der Waals surface area contributed by atoms with Crippen LogP contribution >= 0.6 is 0 Å². The zero-order valence-corrected chi connectivity index (χ0v) is 27.3. The van der Waals surface area contributed by atoms with Gasteiger partial charge in [0.15, 0.2) is 8.32 Å². The summed E-state index contributed by atoms with van der Waals surface area (Å²) in [5.74, 6) is -0.186. The maximum absolute atomic E-state index is 13.4. The van der Waals surface area contributed by atoms with E-state index in [4.69, 9.17) is 19.6 Å². The Bertz CT molecular complexity index is 1170. The van der Waals surface area contributed by atoms with Crippen LogP contribution in [-0.4, -0.2) is 87.2 Å². The first-order valence-electron chi connectivity index (χ1n) is 14.6. The van der Waals surface area contributed by atoms with E-state index in [-0.39, 0.29) is 35.0 Å². The van der Waals surface area contributed by atoms with Gasteiger partial charge in [-0.15, -0.1) is 0 Å². The maximum atomic E-state index is 13.4. The summed E-state index contributed by atoms with van der Waals surface area (Å²) < 4.78 is 11.8. The fourth-order valence-electron chi connectivity index (χ4n) is 4.89. The highest BCUT2D eigenvalue weighted by Gasteiger charge is 2.42. The number of carbonyl (C=O) groups is 1. The molecule has 3 N–H and O–H groups in total. The number of methoxy groups -OCH3 is 1. The zero-order chi connectivity index (χ0) is 30.4. The second kappa shape index (κ2) is 14.0. The van der Waals surface area contributed by atoms with Crippen LogP contribution in [-0.2, 0) is 22.1 Å². The number of hydrogen-bond acceptors (Lipinski definition) is 8. The summed E-state index contributed by atoms with van der Waals surface area (Å²) in [4.78, 5) is 25.2. The Morgan fingerprint density at radius 3 is 2.73 bits per heavy atom. The van der Waals surface area contributed by atoms with Crippen LogP contribution in [0.25, 0.3) is 0 Å². The second-order valence-corrected chi connectivity index (χ2v) is 17.5. The Morgan fingerprint density at radius 2 is 2.10 bits per heavy atom. The van der Waals surface area contributed by atoms with E-state index in [1.54, 1.807) is 6.08 Å². The fraction of sp³-hybridized carbons (Fsp3) is 0.613. The minimum absolute atomic E-state index is 0.0387. The first-order chi connectivity index (χ1) is 19.3. The van der Waals surface area contributed by atoms with Gasteiger partial charge in [-0.3, -0.25) is 20.1 Å². The van der Waals surface area contributed by atoms with Gasteiger partial charge in [-0.2, -0.15) is 0 Å². The molecule has 0 radical (unpaired) electrons. The quantitative estimate of drug-likeness (QED) is 0.146. The number of rotatable bonds is 12. The molecule has 41 heavy (non-hydrogen) atoms. The third kappa shape index (κ3) is 8.67. The van der Waals surface area contributed by atoms with E-state index in [9.17, 15) is 4.79 Å². The number of amides is 1. The van der Waals surface area contributed by atoms with Gasteiger partial charge in [0, 0.05) is 26.2 Å². The molecular weight excluding hydrogens is 532 g/mol. The van der Waals surface area contributed by atoms with E-state index in [0.29, 0.717) is 30.9 Å². The average molecular weight is 583 g/mol. The number of aryl methyl sites for hydroxylation is 1. The molecule has 10 heteroatoms. The van der Waals surface area contributed by atoms with Crippen LogP contribution < -0.4 is 10.6 Å². The first kappa shape index (κ1) is 32.8. The molecule has 0 spiro atoms. The molecule has 3 rings (SSSR count). The Balaban J connectivity index is 1.73. The number of carbonyl (C=O) groups excluding carboxylic acids is 1. The van der Waals surface area contributed by atoms with Crippen LogP contribution in [0.5, 0.6) is 0 Å². The van der Waals surface area contributed by atoms with Crippen LogP contribution in [0, 0.1) is 12.3 Å². The summed E-state index contributed by atoms with van der Waals surface area (Å²) in [6, 6.07) is 1.27. The molecule has 9 nitrogen and oxygen atoms in total. The number of allylic oxidation sites excluding steroid dienone is 2. The number of hydrogen-bond donors (Lipinski definition) is 3. The molecule has 1 fully saturated rings. The highest BCUT2D eigenvalue weighted by molar-refractivity contribution is 6.74. The van der Waals surface area contributed by atoms with E-state index in [1.807, 2.05) is 32.1 Å². The number of aromatic nitrogens is 1. The Kier molecular flexibility index (Phi) is 11.2. The summed E-state index contributed by atoms with van der Waals surface area (Å²) in [6.45, 7) is 22.8. The molecule has 1 aromatic heterocycles. The van der Waals surface area contributed by atoms with E-state index in [1.165, 1.54) is 12.7 Å². The Labute approximate surface area is 247 Å². The van der Waals surface area contributed by atoms with Crippen LogP contribution in [0.15, 0.2) is 35.9 Å².